The van der Waals surface area contributed by atoms with Crippen LogP contribution in [0.25, 0.3) is 11.0 Å². The highest BCUT2D eigenvalue weighted by atomic mass is 16.5. The highest BCUT2D eigenvalue weighted by Crippen LogP contribution is 2.22. The molecule has 150 valence electrons. The molecule has 0 aliphatic rings. The maximum absolute atomic E-state index is 12.4. The molecule has 1 unspecified atom stereocenters. The molecule has 0 saturated heterocycles. The minimum Gasteiger partial charge on any atom is -0.459 e. The lowest BCUT2D eigenvalue weighted by Crippen LogP contribution is -2.44. The van der Waals surface area contributed by atoms with Crippen LogP contribution in [0.3, 0.4) is 0 Å². The van der Waals surface area contributed by atoms with Crippen molar-refractivity contribution < 1.29 is 23.8 Å². The van der Waals surface area contributed by atoms with Gasteiger partial charge in [-0.25, -0.2) is 9.59 Å². The van der Waals surface area contributed by atoms with Crippen molar-refractivity contribution in [2.75, 3.05) is 6.61 Å². The van der Waals surface area contributed by atoms with Gasteiger partial charge in [-0.3, -0.25) is 4.79 Å². The maximum atomic E-state index is 12.4. The number of esters is 1. The summed E-state index contributed by atoms with van der Waals surface area (Å²) in [5, 5.41) is 12.6. The third-order valence-electron chi connectivity index (χ3n) is 4.62. The molecule has 0 fully saturated rings. The van der Waals surface area contributed by atoms with Crippen LogP contribution in [0.1, 0.15) is 27.0 Å². The van der Waals surface area contributed by atoms with E-state index in [4.69, 9.17) is 9.15 Å². The molecule has 0 aliphatic carbocycles. The normalized spacial score (nSPS) is 11.8. The Balaban J connectivity index is 1.74. The Morgan fingerprint density at radius 3 is 2.48 bits per heavy atom. The first kappa shape index (κ1) is 20.3. The van der Waals surface area contributed by atoms with Crippen LogP contribution in [0.15, 0.2) is 57.7 Å². The predicted molar refractivity (Wildman–Crippen MR) is 107 cm³/mol. The summed E-state index contributed by atoms with van der Waals surface area (Å²) in [5.41, 5.74) is 2.67. The summed E-state index contributed by atoms with van der Waals surface area (Å²) in [5.74, 6) is -1.31. The summed E-state index contributed by atoms with van der Waals surface area (Å²) in [6.45, 7) is 3.02. The lowest BCUT2D eigenvalue weighted by molar-refractivity contribution is -0.148. The van der Waals surface area contributed by atoms with E-state index >= 15 is 0 Å². The predicted octanol–water partition coefficient (Wildman–Crippen LogP) is 2.24. The molecule has 7 heteroatoms. The first-order valence-electron chi connectivity index (χ1n) is 9.06. The minimum absolute atomic E-state index is 0.193. The third kappa shape index (κ3) is 4.70. The quantitative estimate of drug-likeness (QED) is 0.490. The van der Waals surface area contributed by atoms with Gasteiger partial charge in [-0.05, 0) is 49.2 Å². The van der Waals surface area contributed by atoms with Crippen molar-refractivity contribution in [3.05, 3.63) is 81.2 Å². The SMILES string of the molecule is Cc1cc2oc(=O)cc(COC(=O)C(CO)NC(=O)c3ccccc3)c2cc1C. The molecule has 3 rings (SSSR count). The van der Waals surface area contributed by atoms with Crippen molar-refractivity contribution in [2.45, 2.75) is 26.5 Å². The van der Waals surface area contributed by atoms with Crippen molar-refractivity contribution in [3.63, 3.8) is 0 Å². The van der Waals surface area contributed by atoms with Gasteiger partial charge in [0.15, 0.2) is 6.04 Å². The van der Waals surface area contributed by atoms with Crippen molar-refractivity contribution in [2.24, 2.45) is 0 Å². The second-order valence-corrected chi connectivity index (χ2v) is 6.71. The smallest absolute Gasteiger partial charge is 0.336 e. The fourth-order valence-corrected chi connectivity index (χ4v) is 2.86. The maximum Gasteiger partial charge on any atom is 0.336 e. The molecule has 1 atom stereocenters. The van der Waals surface area contributed by atoms with Gasteiger partial charge in [0.05, 0.1) is 6.61 Å². The summed E-state index contributed by atoms with van der Waals surface area (Å²) in [4.78, 5) is 36.4. The first-order valence-corrected chi connectivity index (χ1v) is 9.06. The van der Waals surface area contributed by atoms with E-state index in [1.54, 1.807) is 36.4 Å². The number of aliphatic hydroxyl groups is 1. The highest BCUT2D eigenvalue weighted by molar-refractivity contribution is 5.96. The Morgan fingerprint density at radius 1 is 1.10 bits per heavy atom. The zero-order valence-corrected chi connectivity index (χ0v) is 16.1. The monoisotopic (exact) mass is 395 g/mol. The average Bonchev–Trinajstić information content (AvgIpc) is 2.71. The van der Waals surface area contributed by atoms with Gasteiger partial charge in [-0.2, -0.15) is 0 Å². The fraction of sp³-hybridized carbons (Fsp3) is 0.227. The number of aliphatic hydroxyl groups excluding tert-OH is 1. The van der Waals surface area contributed by atoms with E-state index in [1.807, 2.05) is 19.9 Å². The second-order valence-electron chi connectivity index (χ2n) is 6.71. The van der Waals surface area contributed by atoms with E-state index in [1.165, 1.54) is 6.07 Å². The number of carbonyl (C=O) groups is 2. The van der Waals surface area contributed by atoms with Gasteiger partial charge in [0.1, 0.15) is 12.2 Å². The number of amides is 1. The van der Waals surface area contributed by atoms with Crippen LogP contribution >= 0.6 is 0 Å². The van der Waals surface area contributed by atoms with Crippen molar-refractivity contribution in [3.8, 4) is 0 Å². The molecule has 0 saturated carbocycles. The molecule has 0 bridgehead atoms. The van der Waals surface area contributed by atoms with Crippen LogP contribution in [-0.2, 0) is 16.1 Å². The Hall–Kier alpha value is -3.45. The van der Waals surface area contributed by atoms with Gasteiger partial charge in [-0.15, -0.1) is 0 Å². The van der Waals surface area contributed by atoms with E-state index in [0.29, 0.717) is 22.1 Å². The Bertz CT molecular complexity index is 1100. The number of hydrogen-bond acceptors (Lipinski definition) is 6. The molecule has 0 radical (unpaired) electrons. The number of rotatable bonds is 6. The molecule has 1 heterocycles. The van der Waals surface area contributed by atoms with Crippen LogP contribution in [0.4, 0.5) is 0 Å². The molecule has 1 amide bonds. The lowest BCUT2D eigenvalue weighted by atomic mass is 10.0. The number of nitrogens with one attached hydrogen (secondary N) is 1. The molecule has 0 aliphatic heterocycles. The summed E-state index contributed by atoms with van der Waals surface area (Å²) in [6.07, 6.45) is 0. The average molecular weight is 395 g/mol. The third-order valence-corrected chi connectivity index (χ3v) is 4.62. The molecule has 7 nitrogen and oxygen atoms in total. The Labute approximate surface area is 166 Å². The molecule has 2 aromatic carbocycles. The summed E-state index contributed by atoms with van der Waals surface area (Å²) < 4.78 is 10.5. The zero-order valence-electron chi connectivity index (χ0n) is 16.1. The van der Waals surface area contributed by atoms with Crippen LogP contribution < -0.4 is 10.9 Å². The number of hydrogen-bond donors (Lipinski definition) is 2. The first-order chi connectivity index (χ1) is 13.9. The van der Waals surface area contributed by atoms with Gasteiger partial charge in [0, 0.05) is 22.6 Å². The summed E-state index contributed by atoms with van der Waals surface area (Å²) >= 11 is 0. The zero-order chi connectivity index (χ0) is 21.0. The van der Waals surface area contributed by atoms with Crippen LogP contribution in [0, 0.1) is 13.8 Å². The summed E-state index contributed by atoms with van der Waals surface area (Å²) in [7, 11) is 0. The molecule has 3 aromatic rings. The number of carbonyl (C=O) groups excluding carboxylic acids is 2. The van der Waals surface area contributed by atoms with Crippen LogP contribution in [0.2, 0.25) is 0 Å². The van der Waals surface area contributed by atoms with Crippen molar-refractivity contribution >= 4 is 22.8 Å². The van der Waals surface area contributed by atoms with Gasteiger partial charge < -0.3 is 19.6 Å². The van der Waals surface area contributed by atoms with Gasteiger partial charge in [0.2, 0.25) is 0 Å². The largest absolute Gasteiger partial charge is 0.459 e. The number of fused-ring (bicyclic) bond motifs is 1. The van der Waals surface area contributed by atoms with E-state index in [0.717, 1.165) is 11.1 Å². The molecule has 1 aromatic heterocycles. The number of aryl methyl sites for hydroxylation is 2. The summed E-state index contributed by atoms with van der Waals surface area (Å²) in [6, 6.07) is 12.0. The number of benzene rings is 2. The fourth-order valence-electron chi connectivity index (χ4n) is 2.86. The van der Waals surface area contributed by atoms with Crippen LogP contribution in [0.5, 0.6) is 0 Å². The lowest BCUT2D eigenvalue weighted by Gasteiger charge is -2.16. The molecule has 0 spiro atoms. The Morgan fingerprint density at radius 2 is 1.79 bits per heavy atom. The van der Waals surface area contributed by atoms with E-state index in [2.05, 4.69) is 5.32 Å². The highest BCUT2D eigenvalue weighted by Gasteiger charge is 2.22. The van der Waals surface area contributed by atoms with Crippen molar-refractivity contribution in [1.29, 1.82) is 0 Å². The van der Waals surface area contributed by atoms with Gasteiger partial charge >= 0.3 is 11.6 Å². The topological polar surface area (TPSA) is 106 Å². The molecular weight excluding hydrogens is 374 g/mol. The van der Waals surface area contributed by atoms with E-state index in [-0.39, 0.29) is 6.61 Å². The van der Waals surface area contributed by atoms with Gasteiger partial charge in [0.25, 0.3) is 5.91 Å². The standard InChI is InChI=1S/C22H21NO6/c1-13-8-17-16(10-20(25)29-19(17)9-14(13)2)12-28-22(27)18(11-24)23-21(26)15-6-4-3-5-7-15/h3-10,18,24H,11-12H2,1-2H3,(H,23,26). The molecule has 29 heavy (non-hydrogen) atoms. The number of ether oxygens (including phenoxy) is 1. The second kappa shape index (κ2) is 8.70. The van der Waals surface area contributed by atoms with E-state index < -0.39 is 30.2 Å². The van der Waals surface area contributed by atoms with Crippen molar-refractivity contribution in [1.82, 2.24) is 5.32 Å². The molecular formula is C22H21NO6. The van der Waals surface area contributed by atoms with Crippen LogP contribution in [-0.4, -0.2) is 29.6 Å². The Kier molecular flexibility index (Phi) is 6.09. The minimum atomic E-state index is -1.22. The van der Waals surface area contributed by atoms with Gasteiger partial charge in [-0.1, -0.05) is 18.2 Å². The van der Waals surface area contributed by atoms with E-state index in [9.17, 15) is 19.5 Å². The molecule has 2 N–H and O–H groups in total.